The third-order valence-electron chi connectivity index (χ3n) is 1.50. The van der Waals surface area contributed by atoms with E-state index in [4.69, 9.17) is 21.3 Å². The highest BCUT2D eigenvalue weighted by Crippen LogP contribution is 2.38. The largest absolute Gasteiger partial charge is 0.454 e. The van der Waals surface area contributed by atoms with E-state index >= 15 is 0 Å². The van der Waals surface area contributed by atoms with E-state index in [9.17, 15) is 0 Å². The van der Waals surface area contributed by atoms with Crippen LogP contribution < -0.4 is 14.3 Å². The molecule has 1 N–H and O–H groups in total. The lowest BCUT2D eigenvalue weighted by atomic mass is 10.3. The van der Waals surface area contributed by atoms with Crippen molar-refractivity contribution in [2.24, 2.45) is 0 Å². The summed E-state index contributed by atoms with van der Waals surface area (Å²) in [6.07, 6.45) is 0. The molecule has 0 fully saturated rings. The minimum atomic E-state index is 0.269. The summed E-state index contributed by atoms with van der Waals surface area (Å²) in [5, 5.41) is 0. The van der Waals surface area contributed by atoms with Crippen molar-refractivity contribution in [1.29, 1.82) is 0 Å². The van der Waals surface area contributed by atoms with Gasteiger partial charge in [0.05, 0.1) is 5.69 Å². The Morgan fingerprint density at radius 2 is 2.27 bits per heavy atom. The average Bonchev–Trinajstić information content (AvgIpc) is 2.50. The third-order valence-corrected chi connectivity index (χ3v) is 1.70. The van der Waals surface area contributed by atoms with E-state index in [1.54, 1.807) is 0 Å². The van der Waals surface area contributed by atoms with Crippen LogP contribution in [0.3, 0.4) is 0 Å². The Labute approximate surface area is 69.0 Å². The standard InChI is InChI=1S/C7H6ClNO2/c8-9-5-2-1-3-6-7(5)11-4-10-6/h1-3,9H,4H2. The van der Waals surface area contributed by atoms with Gasteiger partial charge in [0.25, 0.3) is 0 Å². The Morgan fingerprint density at radius 1 is 1.36 bits per heavy atom. The zero-order chi connectivity index (χ0) is 7.68. The van der Waals surface area contributed by atoms with Crippen molar-refractivity contribution in [3.8, 4) is 11.5 Å². The van der Waals surface area contributed by atoms with Crippen LogP contribution in [0.25, 0.3) is 0 Å². The Balaban J connectivity index is 2.50. The average molecular weight is 172 g/mol. The molecule has 0 saturated heterocycles. The predicted molar refractivity (Wildman–Crippen MR) is 42.0 cm³/mol. The number of hydrogen-bond donors (Lipinski definition) is 1. The summed E-state index contributed by atoms with van der Waals surface area (Å²) in [5.74, 6) is 1.41. The zero-order valence-electron chi connectivity index (χ0n) is 5.63. The molecule has 2 rings (SSSR count). The first-order chi connectivity index (χ1) is 5.42. The van der Waals surface area contributed by atoms with Crippen LogP contribution in [-0.2, 0) is 0 Å². The molecular formula is C7H6ClNO2. The van der Waals surface area contributed by atoms with E-state index in [1.807, 2.05) is 18.2 Å². The van der Waals surface area contributed by atoms with Gasteiger partial charge < -0.3 is 9.47 Å². The van der Waals surface area contributed by atoms with Crippen LogP contribution >= 0.6 is 11.8 Å². The van der Waals surface area contributed by atoms with Crippen molar-refractivity contribution in [2.45, 2.75) is 0 Å². The molecule has 0 atom stereocenters. The summed E-state index contributed by atoms with van der Waals surface area (Å²) in [6.45, 7) is 0.269. The molecule has 4 heteroatoms. The maximum absolute atomic E-state index is 5.43. The Kier molecular flexibility index (Phi) is 1.51. The molecule has 0 saturated carbocycles. The van der Waals surface area contributed by atoms with Gasteiger partial charge in [0.2, 0.25) is 6.79 Å². The fourth-order valence-corrected chi connectivity index (χ4v) is 1.15. The van der Waals surface area contributed by atoms with Gasteiger partial charge in [-0.25, -0.2) is 0 Å². The van der Waals surface area contributed by atoms with Gasteiger partial charge in [-0.2, -0.15) is 0 Å². The van der Waals surface area contributed by atoms with E-state index in [0.717, 1.165) is 11.4 Å². The van der Waals surface area contributed by atoms with Crippen LogP contribution in [0.5, 0.6) is 11.5 Å². The monoisotopic (exact) mass is 171 g/mol. The van der Waals surface area contributed by atoms with Gasteiger partial charge in [-0.3, -0.25) is 4.84 Å². The highest BCUT2D eigenvalue weighted by atomic mass is 35.5. The molecule has 1 aliphatic heterocycles. The summed E-state index contributed by atoms with van der Waals surface area (Å²) < 4.78 is 10.3. The molecule has 3 nitrogen and oxygen atoms in total. The molecule has 0 bridgehead atoms. The second-order valence-electron chi connectivity index (χ2n) is 2.13. The van der Waals surface area contributed by atoms with Crippen LogP contribution in [0, 0.1) is 0 Å². The normalized spacial score (nSPS) is 13.2. The predicted octanol–water partition coefficient (Wildman–Crippen LogP) is 1.98. The minimum absolute atomic E-state index is 0.269. The van der Waals surface area contributed by atoms with Gasteiger partial charge in [-0.1, -0.05) is 6.07 Å². The van der Waals surface area contributed by atoms with E-state index in [1.165, 1.54) is 0 Å². The number of fused-ring (bicyclic) bond motifs is 1. The van der Waals surface area contributed by atoms with E-state index < -0.39 is 0 Å². The van der Waals surface area contributed by atoms with Gasteiger partial charge in [0.15, 0.2) is 11.5 Å². The van der Waals surface area contributed by atoms with Crippen LogP contribution in [0.4, 0.5) is 5.69 Å². The smallest absolute Gasteiger partial charge is 0.231 e. The summed E-state index contributed by atoms with van der Waals surface area (Å²) in [4.78, 5) is 2.49. The van der Waals surface area contributed by atoms with Crippen LogP contribution in [0.1, 0.15) is 0 Å². The van der Waals surface area contributed by atoms with Crippen molar-refractivity contribution >= 4 is 17.5 Å². The Morgan fingerprint density at radius 3 is 3.09 bits per heavy atom. The van der Waals surface area contributed by atoms with Gasteiger partial charge in [0.1, 0.15) is 0 Å². The highest BCUT2D eigenvalue weighted by Gasteiger charge is 2.16. The van der Waals surface area contributed by atoms with Gasteiger partial charge in [-0.15, -0.1) is 0 Å². The first-order valence-corrected chi connectivity index (χ1v) is 3.55. The summed E-state index contributed by atoms with van der Waals surface area (Å²) >= 11 is 5.43. The quantitative estimate of drug-likeness (QED) is 0.656. The molecule has 0 unspecified atom stereocenters. The lowest BCUT2D eigenvalue weighted by molar-refractivity contribution is 0.174. The molecule has 0 radical (unpaired) electrons. The molecule has 0 aliphatic carbocycles. The van der Waals surface area contributed by atoms with E-state index in [2.05, 4.69) is 4.84 Å². The fraction of sp³-hybridized carbons (Fsp3) is 0.143. The number of nitrogens with one attached hydrogen (secondary N) is 1. The molecular weight excluding hydrogens is 166 g/mol. The van der Waals surface area contributed by atoms with Gasteiger partial charge >= 0.3 is 0 Å². The summed E-state index contributed by atoms with van der Waals surface area (Å²) in [5.41, 5.74) is 0.738. The van der Waals surface area contributed by atoms with E-state index in [0.29, 0.717) is 5.75 Å². The third kappa shape index (κ3) is 0.973. The first kappa shape index (κ1) is 6.61. The zero-order valence-corrected chi connectivity index (χ0v) is 6.39. The SMILES string of the molecule is ClNc1cccc2c1OCO2. The second kappa shape index (κ2) is 2.51. The van der Waals surface area contributed by atoms with Gasteiger partial charge in [0, 0.05) is 11.8 Å². The van der Waals surface area contributed by atoms with Crippen LogP contribution in [-0.4, -0.2) is 6.79 Å². The summed E-state index contributed by atoms with van der Waals surface area (Å²) in [7, 11) is 0. The molecule has 11 heavy (non-hydrogen) atoms. The number of para-hydroxylation sites is 1. The highest BCUT2D eigenvalue weighted by molar-refractivity contribution is 6.24. The first-order valence-electron chi connectivity index (χ1n) is 3.17. The van der Waals surface area contributed by atoms with Crippen LogP contribution in [0.15, 0.2) is 18.2 Å². The maximum Gasteiger partial charge on any atom is 0.231 e. The molecule has 1 heterocycles. The molecule has 1 aliphatic rings. The molecule has 0 amide bonds. The number of benzene rings is 1. The van der Waals surface area contributed by atoms with Crippen molar-refractivity contribution < 1.29 is 9.47 Å². The van der Waals surface area contributed by atoms with Crippen LogP contribution in [0.2, 0.25) is 0 Å². The molecule has 0 aromatic heterocycles. The van der Waals surface area contributed by atoms with E-state index in [-0.39, 0.29) is 6.79 Å². The van der Waals surface area contributed by atoms with Crippen molar-refractivity contribution in [2.75, 3.05) is 11.6 Å². The molecule has 0 spiro atoms. The number of ether oxygens (including phenoxy) is 2. The van der Waals surface area contributed by atoms with Crippen molar-refractivity contribution in [3.63, 3.8) is 0 Å². The van der Waals surface area contributed by atoms with Crippen molar-refractivity contribution in [1.82, 2.24) is 0 Å². The number of rotatable bonds is 1. The molecule has 1 aromatic rings. The second-order valence-corrected chi connectivity index (χ2v) is 2.32. The lowest BCUT2D eigenvalue weighted by Crippen LogP contribution is -1.93. The maximum atomic E-state index is 5.43. The summed E-state index contributed by atoms with van der Waals surface area (Å²) in [6, 6.07) is 5.50. The fourth-order valence-electron chi connectivity index (χ4n) is 1.00. The minimum Gasteiger partial charge on any atom is -0.454 e. The Bertz CT molecular complexity index is 277. The Hall–Kier alpha value is -1.09. The van der Waals surface area contributed by atoms with Crippen molar-refractivity contribution in [3.05, 3.63) is 18.2 Å². The molecule has 58 valence electrons. The van der Waals surface area contributed by atoms with Gasteiger partial charge in [-0.05, 0) is 12.1 Å². The lowest BCUT2D eigenvalue weighted by Gasteiger charge is -2.00. The number of halogens is 1. The number of hydrogen-bond acceptors (Lipinski definition) is 3. The number of anilines is 1. The topological polar surface area (TPSA) is 30.5 Å². The molecule has 1 aromatic carbocycles.